The molecule has 1 unspecified atom stereocenters. The van der Waals surface area contributed by atoms with Crippen molar-refractivity contribution < 1.29 is 31.1 Å². The fourth-order valence-electron chi connectivity index (χ4n) is 5.76. The SMILES string of the molecule is CC(C)CN(CCc1ccc2c(c1)OCC[C@H]2NC(=O)CC(NS(=O)(=O)c1cccc(C(F)(F)F)c1)c1ccccc1)CC(C)C. The highest BCUT2D eigenvalue weighted by Gasteiger charge is 2.33. The molecule has 0 fully saturated rings. The van der Waals surface area contributed by atoms with Gasteiger partial charge in [0.15, 0.2) is 0 Å². The third-order valence-electron chi connectivity index (χ3n) is 7.78. The molecule has 3 aromatic rings. The van der Waals surface area contributed by atoms with Gasteiger partial charge in [-0.1, -0.05) is 76.2 Å². The van der Waals surface area contributed by atoms with Gasteiger partial charge in [0.2, 0.25) is 15.9 Å². The van der Waals surface area contributed by atoms with Gasteiger partial charge in [-0.25, -0.2) is 13.1 Å². The molecule has 2 atom stereocenters. The second-order valence-electron chi connectivity index (χ2n) is 12.7. The molecule has 250 valence electrons. The number of halogens is 3. The lowest BCUT2D eigenvalue weighted by Crippen LogP contribution is -2.36. The molecule has 0 aliphatic carbocycles. The van der Waals surface area contributed by atoms with Gasteiger partial charge in [-0.2, -0.15) is 13.2 Å². The number of nitrogens with one attached hydrogen (secondary N) is 2. The molecule has 0 bridgehead atoms. The van der Waals surface area contributed by atoms with Crippen LogP contribution in [0.25, 0.3) is 0 Å². The summed E-state index contributed by atoms with van der Waals surface area (Å²) < 4.78 is 74.7. The van der Waals surface area contributed by atoms with Crippen LogP contribution in [0.5, 0.6) is 5.75 Å². The van der Waals surface area contributed by atoms with Crippen LogP contribution in [0.4, 0.5) is 13.2 Å². The first-order chi connectivity index (χ1) is 21.7. The number of carbonyl (C=O) groups excluding carboxylic acids is 1. The molecular weight excluding hydrogens is 615 g/mol. The Bertz CT molecular complexity index is 1550. The predicted molar refractivity (Wildman–Crippen MR) is 173 cm³/mol. The summed E-state index contributed by atoms with van der Waals surface area (Å²) in [5, 5.41) is 3.03. The van der Waals surface area contributed by atoms with Crippen LogP contribution >= 0.6 is 0 Å². The number of sulfonamides is 1. The van der Waals surface area contributed by atoms with Gasteiger partial charge in [0.05, 0.1) is 29.1 Å². The molecule has 1 aliphatic rings. The quantitative estimate of drug-likeness (QED) is 0.196. The van der Waals surface area contributed by atoms with E-state index in [1.54, 1.807) is 30.3 Å². The third kappa shape index (κ3) is 10.0. The lowest BCUT2D eigenvalue weighted by molar-refractivity contribution is -0.137. The van der Waals surface area contributed by atoms with Gasteiger partial charge < -0.3 is 15.0 Å². The van der Waals surface area contributed by atoms with Crippen molar-refractivity contribution in [2.45, 2.75) is 70.1 Å². The average Bonchev–Trinajstić information content (AvgIpc) is 2.99. The fraction of sp³-hybridized carbons (Fsp3) is 0.457. The maximum atomic E-state index is 13.4. The lowest BCUT2D eigenvalue weighted by atomic mass is 9.97. The van der Waals surface area contributed by atoms with E-state index in [-0.39, 0.29) is 12.5 Å². The number of hydrogen-bond acceptors (Lipinski definition) is 5. The zero-order valence-corrected chi connectivity index (χ0v) is 27.6. The maximum absolute atomic E-state index is 13.4. The molecule has 11 heteroatoms. The van der Waals surface area contributed by atoms with Crippen LogP contribution in [0, 0.1) is 11.8 Å². The summed E-state index contributed by atoms with van der Waals surface area (Å²) in [6.07, 6.45) is -3.54. The van der Waals surface area contributed by atoms with Crippen molar-refractivity contribution in [1.82, 2.24) is 14.9 Å². The summed E-state index contributed by atoms with van der Waals surface area (Å²) >= 11 is 0. The number of hydrogen-bond donors (Lipinski definition) is 2. The first-order valence-corrected chi connectivity index (χ1v) is 17.2. The highest BCUT2D eigenvalue weighted by atomic mass is 32.2. The molecule has 0 saturated carbocycles. The van der Waals surface area contributed by atoms with Crippen LogP contribution in [0.1, 0.15) is 74.9 Å². The van der Waals surface area contributed by atoms with E-state index < -0.39 is 38.6 Å². The van der Waals surface area contributed by atoms with Crippen molar-refractivity contribution >= 4 is 15.9 Å². The van der Waals surface area contributed by atoms with Crippen molar-refractivity contribution in [1.29, 1.82) is 0 Å². The average molecular weight is 660 g/mol. The molecule has 2 N–H and O–H groups in total. The molecular formula is C35H44F3N3O4S. The number of rotatable bonds is 14. The summed E-state index contributed by atoms with van der Waals surface area (Å²) in [5.74, 6) is 1.47. The Balaban J connectivity index is 1.46. The number of ether oxygens (including phenoxy) is 1. The highest BCUT2D eigenvalue weighted by molar-refractivity contribution is 7.89. The lowest BCUT2D eigenvalue weighted by Gasteiger charge is -2.29. The smallest absolute Gasteiger partial charge is 0.416 e. The summed E-state index contributed by atoms with van der Waals surface area (Å²) in [6.45, 7) is 12.3. The monoisotopic (exact) mass is 659 g/mol. The van der Waals surface area contributed by atoms with Crippen LogP contribution in [-0.2, 0) is 27.4 Å². The van der Waals surface area contributed by atoms with E-state index in [0.29, 0.717) is 36.5 Å². The Morgan fingerprint density at radius 1 is 0.957 bits per heavy atom. The predicted octanol–water partition coefficient (Wildman–Crippen LogP) is 6.91. The summed E-state index contributed by atoms with van der Waals surface area (Å²) in [4.78, 5) is 15.3. The number of nitrogens with zero attached hydrogens (tertiary/aromatic N) is 1. The number of amides is 1. The van der Waals surface area contributed by atoms with E-state index >= 15 is 0 Å². The minimum atomic E-state index is -4.70. The zero-order chi connectivity index (χ0) is 33.5. The van der Waals surface area contributed by atoms with Crippen molar-refractivity contribution in [3.05, 3.63) is 95.1 Å². The van der Waals surface area contributed by atoms with Crippen molar-refractivity contribution in [3.63, 3.8) is 0 Å². The van der Waals surface area contributed by atoms with Crippen LogP contribution in [0.2, 0.25) is 0 Å². The van der Waals surface area contributed by atoms with Gasteiger partial charge in [0.1, 0.15) is 5.75 Å². The van der Waals surface area contributed by atoms with E-state index in [9.17, 15) is 26.4 Å². The van der Waals surface area contributed by atoms with Gasteiger partial charge in [-0.05, 0) is 53.6 Å². The topological polar surface area (TPSA) is 87.7 Å². The molecule has 0 saturated heterocycles. The van der Waals surface area contributed by atoms with Gasteiger partial charge >= 0.3 is 6.18 Å². The Labute approximate surface area is 270 Å². The first kappa shape index (κ1) is 35.4. The summed E-state index contributed by atoms with van der Waals surface area (Å²) in [7, 11) is -4.40. The minimum Gasteiger partial charge on any atom is -0.493 e. The van der Waals surface area contributed by atoms with E-state index in [1.807, 2.05) is 12.1 Å². The van der Waals surface area contributed by atoms with E-state index in [2.05, 4.69) is 48.7 Å². The Morgan fingerprint density at radius 2 is 1.65 bits per heavy atom. The minimum absolute atomic E-state index is 0.255. The van der Waals surface area contributed by atoms with Crippen LogP contribution < -0.4 is 14.8 Å². The number of alkyl halides is 3. The normalized spacial score (nSPS) is 15.9. The molecule has 1 heterocycles. The Kier molecular flexibility index (Phi) is 11.9. The molecule has 4 rings (SSSR count). The van der Waals surface area contributed by atoms with Crippen molar-refractivity contribution in [2.24, 2.45) is 11.8 Å². The second kappa shape index (κ2) is 15.5. The standard InChI is InChI=1S/C35H44F3N3O4S/c1-24(2)22-41(23-25(3)4)17-15-26-13-14-30-31(16-18-45-33(30)19-26)39-34(42)21-32(27-9-6-5-7-10-27)40-46(43,44)29-12-8-11-28(20-29)35(36,37)38/h5-14,19-20,24-25,31-32,40H,15-18,21-23H2,1-4H3,(H,39,42)/t31-,32?/m1/s1. The molecule has 0 aromatic heterocycles. The number of fused-ring (bicyclic) bond motifs is 1. The summed E-state index contributed by atoms with van der Waals surface area (Å²) in [6, 6.07) is 16.8. The van der Waals surface area contributed by atoms with Crippen LogP contribution in [0.3, 0.4) is 0 Å². The van der Waals surface area contributed by atoms with E-state index in [4.69, 9.17) is 4.74 Å². The summed E-state index contributed by atoms with van der Waals surface area (Å²) in [5.41, 5.74) is 1.44. The number of benzene rings is 3. The first-order valence-electron chi connectivity index (χ1n) is 15.7. The van der Waals surface area contributed by atoms with E-state index in [0.717, 1.165) is 61.1 Å². The molecule has 3 aromatic carbocycles. The molecule has 0 radical (unpaired) electrons. The Hall–Kier alpha value is -3.41. The molecule has 46 heavy (non-hydrogen) atoms. The molecule has 0 spiro atoms. The molecule has 7 nitrogen and oxygen atoms in total. The van der Waals surface area contributed by atoms with Crippen molar-refractivity contribution in [2.75, 3.05) is 26.2 Å². The Morgan fingerprint density at radius 3 is 2.30 bits per heavy atom. The fourth-order valence-corrected chi connectivity index (χ4v) is 7.03. The molecule has 1 aliphatic heterocycles. The third-order valence-corrected chi connectivity index (χ3v) is 9.25. The van der Waals surface area contributed by atoms with Gasteiger partial charge in [-0.3, -0.25) is 4.79 Å². The number of carbonyl (C=O) groups is 1. The van der Waals surface area contributed by atoms with Gasteiger partial charge in [0, 0.05) is 38.0 Å². The highest BCUT2D eigenvalue weighted by Crippen LogP contribution is 2.34. The van der Waals surface area contributed by atoms with Crippen molar-refractivity contribution in [3.8, 4) is 5.75 Å². The largest absolute Gasteiger partial charge is 0.493 e. The second-order valence-corrected chi connectivity index (χ2v) is 14.5. The van der Waals surface area contributed by atoms with Crippen LogP contribution in [-0.4, -0.2) is 45.5 Å². The molecule has 1 amide bonds. The maximum Gasteiger partial charge on any atom is 0.416 e. The van der Waals surface area contributed by atoms with Gasteiger partial charge in [-0.15, -0.1) is 0 Å². The van der Waals surface area contributed by atoms with Gasteiger partial charge in [0.25, 0.3) is 0 Å². The van der Waals surface area contributed by atoms with E-state index in [1.165, 1.54) is 0 Å². The van der Waals surface area contributed by atoms with Crippen LogP contribution in [0.15, 0.2) is 77.7 Å². The zero-order valence-electron chi connectivity index (χ0n) is 26.8.